The number of carbonyl (C=O) groups excluding carboxylic acids is 1. The molecular formula is C20H23N5O2S. The van der Waals surface area contributed by atoms with Crippen molar-refractivity contribution in [2.75, 3.05) is 11.9 Å². The maximum absolute atomic E-state index is 12.7. The zero-order valence-electron chi connectivity index (χ0n) is 16.3. The number of benzene rings is 2. The van der Waals surface area contributed by atoms with Gasteiger partial charge in [0.1, 0.15) is 5.75 Å². The minimum atomic E-state index is -0.399. The fourth-order valence-electron chi connectivity index (χ4n) is 2.67. The summed E-state index contributed by atoms with van der Waals surface area (Å²) in [5.41, 5.74) is 3.80. The van der Waals surface area contributed by atoms with E-state index in [0.717, 1.165) is 16.8 Å². The minimum Gasteiger partial charge on any atom is -0.492 e. The van der Waals surface area contributed by atoms with E-state index in [-0.39, 0.29) is 5.91 Å². The molecular weight excluding hydrogens is 374 g/mol. The SMILES string of the molecule is CCOc1ccccc1NC(=O)[C@@H](C)Sc1nnnn1-c1cccc(C)c1C. The fourth-order valence-corrected chi connectivity index (χ4v) is 3.47. The quantitative estimate of drug-likeness (QED) is 0.611. The number of thioether (sulfide) groups is 1. The first-order valence-electron chi connectivity index (χ1n) is 9.05. The van der Waals surface area contributed by atoms with Crippen LogP contribution in [0, 0.1) is 13.8 Å². The number of nitrogens with one attached hydrogen (secondary N) is 1. The van der Waals surface area contributed by atoms with Gasteiger partial charge in [-0.3, -0.25) is 4.79 Å². The van der Waals surface area contributed by atoms with E-state index in [1.165, 1.54) is 11.8 Å². The van der Waals surface area contributed by atoms with Crippen LogP contribution in [0.3, 0.4) is 0 Å². The molecule has 1 heterocycles. The average Bonchev–Trinajstić information content (AvgIpc) is 3.13. The highest BCUT2D eigenvalue weighted by atomic mass is 32.2. The summed E-state index contributed by atoms with van der Waals surface area (Å²) in [5.74, 6) is 0.503. The number of amides is 1. The Morgan fingerprint density at radius 2 is 2.00 bits per heavy atom. The molecule has 1 atom stereocenters. The third-order valence-corrected chi connectivity index (χ3v) is 5.37. The summed E-state index contributed by atoms with van der Waals surface area (Å²) in [7, 11) is 0. The minimum absolute atomic E-state index is 0.146. The summed E-state index contributed by atoms with van der Waals surface area (Å²) in [6, 6.07) is 13.4. The lowest BCUT2D eigenvalue weighted by Crippen LogP contribution is -2.23. The predicted molar refractivity (Wildman–Crippen MR) is 110 cm³/mol. The molecule has 28 heavy (non-hydrogen) atoms. The van der Waals surface area contributed by atoms with Crippen molar-refractivity contribution in [1.29, 1.82) is 0 Å². The molecule has 0 saturated carbocycles. The third kappa shape index (κ3) is 4.33. The first kappa shape index (κ1) is 19.9. The number of anilines is 1. The van der Waals surface area contributed by atoms with Crippen molar-refractivity contribution in [1.82, 2.24) is 20.2 Å². The molecule has 1 aromatic heterocycles. The molecule has 0 aliphatic carbocycles. The molecule has 0 saturated heterocycles. The van der Waals surface area contributed by atoms with Crippen molar-refractivity contribution in [3.8, 4) is 11.4 Å². The van der Waals surface area contributed by atoms with E-state index in [0.29, 0.717) is 23.2 Å². The van der Waals surface area contributed by atoms with Gasteiger partial charge in [-0.25, -0.2) is 0 Å². The van der Waals surface area contributed by atoms with E-state index in [2.05, 4.69) is 20.8 Å². The predicted octanol–water partition coefficient (Wildman–Crippen LogP) is 3.80. The summed E-state index contributed by atoms with van der Waals surface area (Å²) >= 11 is 1.31. The molecule has 3 rings (SSSR count). The molecule has 2 aromatic carbocycles. The lowest BCUT2D eigenvalue weighted by molar-refractivity contribution is -0.115. The summed E-state index contributed by atoms with van der Waals surface area (Å²) in [6.07, 6.45) is 0. The summed E-state index contributed by atoms with van der Waals surface area (Å²) in [4.78, 5) is 12.7. The number of tetrazole rings is 1. The van der Waals surface area contributed by atoms with E-state index in [1.807, 2.05) is 70.2 Å². The van der Waals surface area contributed by atoms with Crippen molar-refractivity contribution in [3.05, 3.63) is 53.6 Å². The second-order valence-corrected chi connectivity index (χ2v) is 7.58. The van der Waals surface area contributed by atoms with Crippen LogP contribution in [0.1, 0.15) is 25.0 Å². The van der Waals surface area contributed by atoms with Crippen LogP contribution in [0.15, 0.2) is 47.6 Å². The Hall–Kier alpha value is -2.87. The van der Waals surface area contributed by atoms with E-state index < -0.39 is 5.25 Å². The highest BCUT2D eigenvalue weighted by molar-refractivity contribution is 8.00. The second kappa shape index (κ2) is 8.88. The molecule has 146 valence electrons. The van der Waals surface area contributed by atoms with Crippen molar-refractivity contribution < 1.29 is 9.53 Å². The number of aromatic nitrogens is 4. The zero-order chi connectivity index (χ0) is 20.1. The van der Waals surface area contributed by atoms with Crippen molar-refractivity contribution in [2.24, 2.45) is 0 Å². The van der Waals surface area contributed by atoms with Crippen molar-refractivity contribution in [3.63, 3.8) is 0 Å². The number of carbonyl (C=O) groups is 1. The number of rotatable bonds is 7. The highest BCUT2D eigenvalue weighted by Gasteiger charge is 2.21. The van der Waals surface area contributed by atoms with Gasteiger partial charge in [0.15, 0.2) is 0 Å². The largest absolute Gasteiger partial charge is 0.492 e. The van der Waals surface area contributed by atoms with Crippen LogP contribution >= 0.6 is 11.8 Å². The Balaban J connectivity index is 1.76. The first-order valence-corrected chi connectivity index (χ1v) is 9.93. The number of nitrogens with zero attached hydrogens (tertiary/aromatic N) is 4. The Morgan fingerprint density at radius 1 is 1.21 bits per heavy atom. The smallest absolute Gasteiger partial charge is 0.237 e. The molecule has 0 radical (unpaired) electrons. The van der Waals surface area contributed by atoms with Crippen LogP contribution in [0.4, 0.5) is 5.69 Å². The molecule has 8 heteroatoms. The van der Waals surface area contributed by atoms with Gasteiger partial charge in [-0.2, -0.15) is 4.68 Å². The van der Waals surface area contributed by atoms with E-state index in [1.54, 1.807) is 4.68 Å². The summed E-state index contributed by atoms with van der Waals surface area (Å²) in [5, 5.41) is 15.1. The van der Waals surface area contributed by atoms with Gasteiger partial charge in [0.25, 0.3) is 0 Å². The molecule has 3 aromatic rings. The maximum Gasteiger partial charge on any atom is 0.237 e. The Bertz CT molecular complexity index is 973. The molecule has 0 fully saturated rings. The lowest BCUT2D eigenvalue weighted by Gasteiger charge is -2.15. The van der Waals surface area contributed by atoms with Crippen molar-refractivity contribution in [2.45, 2.75) is 38.1 Å². The Kier molecular flexibility index (Phi) is 6.30. The average molecular weight is 398 g/mol. The van der Waals surface area contributed by atoms with E-state index in [4.69, 9.17) is 4.74 Å². The number of hydrogen-bond acceptors (Lipinski definition) is 6. The third-order valence-electron chi connectivity index (χ3n) is 4.34. The highest BCUT2D eigenvalue weighted by Crippen LogP contribution is 2.28. The molecule has 0 aliphatic rings. The number of hydrogen-bond donors (Lipinski definition) is 1. The summed E-state index contributed by atoms with van der Waals surface area (Å²) < 4.78 is 7.24. The topological polar surface area (TPSA) is 81.9 Å². The van der Waals surface area contributed by atoms with E-state index >= 15 is 0 Å². The summed E-state index contributed by atoms with van der Waals surface area (Å²) in [6.45, 7) is 8.33. The van der Waals surface area contributed by atoms with Crippen LogP contribution in [-0.2, 0) is 4.79 Å². The Labute approximate surface area is 168 Å². The second-order valence-electron chi connectivity index (χ2n) is 6.27. The number of aryl methyl sites for hydroxylation is 1. The molecule has 7 nitrogen and oxygen atoms in total. The molecule has 1 N–H and O–H groups in total. The van der Waals surface area contributed by atoms with Gasteiger partial charge in [0, 0.05) is 0 Å². The lowest BCUT2D eigenvalue weighted by atomic mass is 10.1. The van der Waals surface area contributed by atoms with E-state index in [9.17, 15) is 4.79 Å². The van der Waals surface area contributed by atoms with Crippen LogP contribution in [0.25, 0.3) is 5.69 Å². The van der Waals surface area contributed by atoms with Gasteiger partial charge in [0.2, 0.25) is 11.1 Å². The number of para-hydroxylation sites is 2. The number of ether oxygens (including phenoxy) is 1. The Morgan fingerprint density at radius 3 is 2.79 bits per heavy atom. The first-order chi connectivity index (χ1) is 13.5. The normalized spacial score (nSPS) is 11.9. The fraction of sp³-hybridized carbons (Fsp3) is 0.300. The molecule has 0 unspecified atom stereocenters. The van der Waals surface area contributed by atoms with Gasteiger partial charge in [-0.15, -0.1) is 5.10 Å². The van der Waals surface area contributed by atoms with Crippen LogP contribution in [0.2, 0.25) is 0 Å². The van der Waals surface area contributed by atoms with Gasteiger partial charge in [0.05, 0.1) is 23.2 Å². The van der Waals surface area contributed by atoms with Gasteiger partial charge < -0.3 is 10.1 Å². The molecule has 0 aliphatic heterocycles. The standard InChI is InChI=1S/C20H23N5O2S/c1-5-27-18-12-7-6-10-16(18)21-19(26)15(4)28-20-22-23-24-25(20)17-11-8-9-13(2)14(17)3/h6-12,15H,5H2,1-4H3,(H,21,26)/t15-/m1/s1. The maximum atomic E-state index is 12.7. The van der Waals surface area contributed by atoms with Crippen LogP contribution in [0.5, 0.6) is 5.75 Å². The molecule has 1 amide bonds. The van der Waals surface area contributed by atoms with Crippen LogP contribution < -0.4 is 10.1 Å². The van der Waals surface area contributed by atoms with Gasteiger partial charge in [-0.05, 0) is 67.4 Å². The van der Waals surface area contributed by atoms with Crippen LogP contribution in [-0.4, -0.2) is 38.0 Å². The molecule has 0 spiro atoms. The zero-order valence-corrected chi connectivity index (χ0v) is 17.2. The van der Waals surface area contributed by atoms with Crippen molar-refractivity contribution >= 4 is 23.4 Å². The van der Waals surface area contributed by atoms with Gasteiger partial charge >= 0.3 is 0 Å². The molecule has 0 bridgehead atoms. The monoisotopic (exact) mass is 397 g/mol. The van der Waals surface area contributed by atoms with Gasteiger partial charge in [-0.1, -0.05) is 36.0 Å².